The molecule has 3 heterocycles. The number of carbonyl (C=O) groups is 2. The fourth-order valence-electron chi connectivity index (χ4n) is 4.06. The number of alkyl halides is 2. The highest BCUT2D eigenvalue weighted by Gasteiger charge is 2.56. The normalized spacial score (nSPS) is 21.4. The largest absolute Gasteiger partial charge is 0.337 e. The van der Waals surface area contributed by atoms with E-state index in [4.69, 9.17) is 0 Å². The molecule has 5 rings (SSSR count). The van der Waals surface area contributed by atoms with Crippen LogP contribution in [0.5, 0.6) is 0 Å². The third kappa shape index (κ3) is 4.35. The molecule has 1 saturated carbocycles. The number of anilines is 1. The van der Waals surface area contributed by atoms with Crippen molar-refractivity contribution in [2.75, 3.05) is 11.9 Å². The van der Waals surface area contributed by atoms with E-state index in [1.54, 1.807) is 22.5 Å². The highest BCUT2D eigenvalue weighted by molar-refractivity contribution is 6.00. The molecular formula is C22H23F2N7O2. The predicted octanol–water partition coefficient (Wildman–Crippen LogP) is 1.89. The standard InChI is InChI=1S/C22H23F2N7O2/c1-29-18-10-16(9-15-11-22(15,23)24)27-31(18)8-7-17(21(29)33)26-20(32)19-25-13-30(28-19)12-14-5-3-2-4-6-14/h2-6,10,13,15,17H,7-9,11-12H2,1H3,(H,26,32)/t15-,17+/m1/s1. The first kappa shape index (κ1) is 21.2. The molecule has 3 aromatic rings. The maximum atomic E-state index is 13.2. The molecule has 1 aliphatic carbocycles. The molecule has 2 aliphatic rings. The fourth-order valence-corrected chi connectivity index (χ4v) is 4.06. The third-order valence-electron chi connectivity index (χ3n) is 6.05. The maximum Gasteiger partial charge on any atom is 0.291 e. The minimum absolute atomic E-state index is 0.0176. The molecule has 11 heteroatoms. The van der Waals surface area contributed by atoms with E-state index in [2.05, 4.69) is 20.5 Å². The Morgan fingerprint density at radius 3 is 2.73 bits per heavy atom. The maximum absolute atomic E-state index is 13.2. The SMILES string of the molecule is CN1C(=O)[C@@H](NC(=O)c2ncn(Cc3ccccc3)n2)CCn2nc(C[C@@H]3CC3(F)F)cc21. The summed E-state index contributed by atoms with van der Waals surface area (Å²) in [5.41, 5.74) is 1.57. The first-order valence-corrected chi connectivity index (χ1v) is 10.8. The van der Waals surface area contributed by atoms with Gasteiger partial charge in [0.15, 0.2) is 0 Å². The van der Waals surface area contributed by atoms with E-state index in [1.807, 2.05) is 30.3 Å². The van der Waals surface area contributed by atoms with Crippen LogP contribution in [0.4, 0.5) is 14.6 Å². The Balaban J connectivity index is 1.23. The summed E-state index contributed by atoms with van der Waals surface area (Å²) < 4.78 is 29.7. The molecule has 0 spiro atoms. The molecule has 1 N–H and O–H groups in total. The van der Waals surface area contributed by atoms with Crippen LogP contribution in [0, 0.1) is 5.92 Å². The van der Waals surface area contributed by atoms with Crippen LogP contribution in [0.15, 0.2) is 42.7 Å². The van der Waals surface area contributed by atoms with Crippen molar-refractivity contribution in [2.45, 2.75) is 44.3 Å². The lowest BCUT2D eigenvalue weighted by Gasteiger charge is -2.19. The monoisotopic (exact) mass is 455 g/mol. The smallest absolute Gasteiger partial charge is 0.291 e. The summed E-state index contributed by atoms with van der Waals surface area (Å²) in [5, 5.41) is 11.3. The van der Waals surface area contributed by atoms with Crippen molar-refractivity contribution < 1.29 is 18.4 Å². The number of nitrogens with one attached hydrogen (secondary N) is 1. The van der Waals surface area contributed by atoms with E-state index in [1.165, 1.54) is 11.2 Å². The van der Waals surface area contributed by atoms with E-state index in [9.17, 15) is 18.4 Å². The van der Waals surface area contributed by atoms with Crippen molar-refractivity contribution >= 4 is 17.6 Å². The van der Waals surface area contributed by atoms with Crippen LogP contribution in [0.25, 0.3) is 0 Å². The van der Waals surface area contributed by atoms with Crippen molar-refractivity contribution in [2.24, 2.45) is 5.92 Å². The molecule has 1 aromatic carbocycles. The Hall–Kier alpha value is -3.63. The molecule has 0 saturated heterocycles. The van der Waals surface area contributed by atoms with Gasteiger partial charge in [-0.15, -0.1) is 5.10 Å². The van der Waals surface area contributed by atoms with Gasteiger partial charge in [-0.2, -0.15) is 5.10 Å². The minimum Gasteiger partial charge on any atom is -0.337 e. The van der Waals surface area contributed by atoms with Crippen LogP contribution in [-0.2, 0) is 24.3 Å². The zero-order valence-electron chi connectivity index (χ0n) is 18.0. The van der Waals surface area contributed by atoms with Crippen molar-refractivity contribution in [1.29, 1.82) is 0 Å². The molecule has 0 unspecified atom stereocenters. The Bertz CT molecular complexity index is 1190. The van der Waals surface area contributed by atoms with Gasteiger partial charge >= 0.3 is 0 Å². The summed E-state index contributed by atoms with van der Waals surface area (Å²) in [4.78, 5) is 31.1. The Morgan fingerprint density at radius 2 is 2.00 bits per heavy atom. The molecule has 1 fully saturated rings. The second kappa shape index (κ2) is 8.05. The molecule has 2 aromatic heterocycles. The molecular weight excluding hydrogens is 432 g/mol. The first-order valence-electron chi connectivity index (χ1n) is 10.8. The molecule has 172 valence electrons. The van der Waals surface area contributed by atoms with Crippen LogP contribution in [0.2, 0.25) is 0 Å². The second-order valence-corrected chi connectivity index (χ2v) is 8.55. The van der Waals surface area contributed by atoms with Crippen molar-refractivity contribution in [3.8, 4) is 0 Å². The van der Waals surface area contributed by atoms with Crippen LogP contribution < -0.4 is 10.2 Å². The van der Waals surface area contributed by atoms with Gasteiger partial charge in [-0.3, -0.25) is 14.5 Å². The van der Waals surface area contributed by atoms with Crippen LogP contribution in [0.3, 0.4) is 0 Å². The van der Waals surface area contributed by atoms with E-state index >= 15 is 0 Å². The molecule has 2 atom stereocenters. The lowest BCUT2D eigenvalue weighted by Crippen LogP contribution is -2.47. The van der Waals surface area contributed by atoms with Crippen LogP contribution >= 0.6 is 0 Å². The number of likely N-dealkylation sites (N-methyl/N-ethyl adjacent to an activating group) is 1. The number of rotatable bonds is 6. The molecule has 33 heavy (non-hydrogen) atoms. The summed E-state index contributed by atoms with van der Waals surface area (Å²) in [6.45, 7) is 0.843. The highest BCUT2D eigenvalue weighted by atomic mass is 19.3. The second-order valence-electron chi connectivity index (χ2n) is 8.55. The number of hydrogen-bond donors (Lipinski definition) is 1. The molecule has 0 bridgehead atoms. The number of halogens is 2. The molecule has 0 radical (unpaired) electrons. The van der Waals surface area contributed by atoms with E-state index < -0.39 is 23.8 Å². The van der Waals surface area contributed by atoms with Gasteiger partial charge in [0, 0.05) is 38.4 Å². The van der Waals surface area contributed by atoms with E-state index in [0.717, 1.165) is 5.56 Å². The average Bonchev–Trinajstić information content (AvgIpc) is 3.14. The van der Waals surface area contributed by atoms with Crippen LogP contribution in [-0.4, -0.2) is 55.4 Å². The number of benzene rings is 1. The van der Waals surface area contributed by atoms with Crippen molar-refractivity contribution in [3.63, 3.8) is 0 Å². The number of amides is 2. The number of nitrogens with zero attached hydrogens (tertiary/aromatic N) is 6. The van der Waals surface area contributed by atoms with Gasteiger partial charge in [0.1, 0.15) is 18.2 Å². The van der Waals surface area contributed by atoms with Crippen molar-refractivity contribution in [1.82, 2.24) is 29.9 Å². The number of fused-ring (bicyclic) bond motifs is 1. The molecule has 1 aliphatic heterocycles. The number of carbonyl (C=O) groups excluding carboxylic acids is 2. The highest BCUT2D eigenvalue weighted by Crippen LogP contribution is 2.50. The fraction of sp³-hybridized carbons (Fsp3) is 0.409. The molecule has 9 nitrogen and oxygen atoms in total. The predicted molar refractivity (Wildman–Crippen MR) is 114 cm³/mol. The zero-order chi connectivity index (χ0) is 23.2. The van der Waals surface area contributed by atoms with Gasteiger partial charge in [0.25, 0.3) is 17.7 Å². The summed E-state index contributed by atoms with van der Waals surface area (Å²) in [7, 11) is 1.59. The number of aryl methyl sites for hydroxylation is 1. The Kier molecular flexibility index (Phi) is 5.18. The zero-order valence-corrected chi connectivity index (χ0v) is 18.0. The molecule has 2 amide bonds. The minimum atomic E-state index is -2.61. The number of aromatic nitrogens is 5. The van der Waals surface area contributed by atoms with Gasteiger partial charge in [-0.05, 0) is 12.0 Å². The van der Waals surface area contributed by atoms with Crippen LogP contribution in [0.1, 0.15) is 34.7 Å². The number of hydrogen-bond acceptors (Lipinski definition) is 5. The summed E-state index contributed by atoms with van der Waals surface area (Å²) in [5.74, 6) is -3.63. The Labute approximate surface area is 188 Å². The van der Waals surface area contributed by atoms with Gasteiger partial charge in [0.05, 0.1) is 12.2 Å². The van der Waals surface area contributed by atoms with E-state index in [-0.39, 0.29) is 24.6 Å². The average molecular weight is 455 g/mol. The van der Waals surface area contributed by atoms with Gasteiger partial charge in [-0.25, -0.2) is 23.1 Å². The van der Waals surface area contributed by atoms with Gasteiger partial charge < -0.3 is 5.32 Å². The van der Waals surface area contributed by atoms with Gasteiger partial charge in [-0.1, -0.05) is 30.3 Å². The van der Waals surface area contributed by atoms with Gasteiger partial charge in [0.2, 0.25) is 5.82 Å². The quantitative estimate of drug-likeness (QED) is 0.612. The summed E-state index contributed by atoms with van der Waals surface area (Å²) in [6, 6.07) is 10.6. The summed E-state index contributed by atoms with van der Waals surface area (Å²) >= 11 is 0. The van der Waals surface area contributed by atoms with E-state index in [0.29, 0.717) is 31.0 Å². The topological polar surface area (TPSA) is 97.9 Å². The third-order valence-corrected chi connectivity index (χ3v) is 6.05. The Morgan fingerprint density at radius 1 is 1.24 bits per heavy atom. The van der Waals surface area contributed by atoms with Crippen molar-refractivity contribution in [3.05, 3.63) is 59.8 Å². The lowest BCUT2D eigenvalue weighted by atomic mass is 10.2. The first-order chi connectivity index (χ1) is 15.8. The lowest BCUT2D eigenvalue weighted by molar-refractivity contribution is -0.120. The summed E-state index contributed by atoms with van der Waals surface area (Å²) in [6.07, 6.45) is 1.86.